The summed E-state index contributed by atoms with van der Waals surface area (Å²) >= 11 is 5.98. The van der Waals surface area contributed by atoms with E-state index in [1.807, 2.05) is 12.1 Å². The topological polar surface area (TPSA) is 45.7 Å². The molecule has 1 aliphatic carbocycles. The Balaban J connectivity index is 1.23. The van der Waals surface area contributed by atoms with Gasteiger partial charge in [0.25, 0.3) is 0 Å². The van der Waals surface area contributed by atoms with Gasteiger partial charge in [0.05, 0.1) is 5.41 Å². The van der Waals surface area contributed by atoms with Gasteiger partial charge in [0.2, 0.25) is 0 Å². The zero-order valence-electron chi connectivity index (χ0n) is 13.9. The van der Waals surface area contributed by atoms with Gasteiger partial charge >= 0.3 is 5.97 Å². The lowest BCUT2D eigenvalue weighted by Crippen LogP contribution is -2.47. The Morgan fingerprint density at radius 3 is 2.71 bits per heavy atom. The third-order valence-electron chi connectivity index (χ3n) is 5.85. The van der Waals surface area contributed by atoms with Gasteiger partial charge in [0.1, 0.15) is 11.3 Å². The fraction of sp³-hybridized carbons (Fsp3) is 0.667. The Morgan fingerprint density at radius 1 is 1.29 bits per heavy atom. The van der Waals surface area contributed by atoms with Crippen LogP contribution in [0.5, 0.6) is 0 Å². The lowest BCUT2D eigenvalue weighted by molar-refractivity contribution is -0.152. The van der Waals surface area contributed by atoms with E-state index < -0.39 is 0 Å². The molecule has 0 N–H and O–H groups in total. The predicted molar refractivity (Wildman–Crippen MR) is 93.3 cm³/mol. The Labute approximate surface area is 147 Å². The molecule has 1 atom stereocenters. The van der Waals surface area contributed by atoms with Crippen molar-refractivity contribution in [1.29, 1.82) is 0 Å². The minimum atomic E-state index is -0.0933. The Kier molecular flexibility index (Phi) is 4.39. The van der Waals surface area contributed by atoms with Crippen molar-refractivity contribution in [3.05, 3.63) is 23.5 Å². The number of hydrogen-bond acceptors (Lipinski definition) is 5. The molecule has 4 rings (SSSR count). The Bertz CT molecular complexity index is 612. The molecule has 24 heavy (non-hydrogen) atoms. The van der Waals surface area contributed by atoms with E-state index in [9.17, 15) is 4.79 Å². The molecular formula is C18H24ClN3O2. The third kappa shape index (κ3) is 3.11. The number of aromatic nitrogens is 1. The summed E-state index contributed by atoms with van der Waals surface area (Å²) in [6, 6.07) is 3.94. The highest BCUT2D eigenvalue weighted by molar-refractivity contribution is 6.29. The molecule has 2 saturated heterocycles. The van der Waals surface area contributed by atoms with Crippen molar-refractivity contribution < 1.29 is 9.53 Å². The molecule has 1 unspecified atom stereocenters. The summed E-state index contributed by atoms with van der Waals surface area (Å²) in [5, 5.41) is 0.544. The third-order valence-corrected chi connectivity index (χ3v) is 6.06. The van der Waals surface area contributed by atoms with Crippen LogP contribution < -0.4 is 4.90 Å². The van der Waals surface area contributed by atoms with E-state index in [-0.39, 0.29) is 17.5 Å². The second kappa shape index (κ2) is 6.52. The van der Waals surface area contributed by atoms with Crippen LogP contribution in [0.4, 0.5) is 5.69 Å². The van der Waals surface area contributed by atoms with E-state index in [0.29, 0.717) is 5.15 Å². The van der Waals surface area contributed by atoms with E-state index in [2.05, 4.69) is 14.8 Å². The molecule has 1 spiro atoms. The summed E-state index contributed by atoms with van der Waals surface area (Å²) in [5.41, 5.74) is 1.05. The maximum Gasteiger partial charge on any atom is 0.312 e. The quantitative estimate of drug-likeness (QED) is 0.618. The molecule has 1 aromatic rings. The SMILES string of the molecule is O=C1OC(CCN2CCN(c3ccnc(Cl)c3)CC2)CC12CCC2. The lowest BCUT2D eigenvalue weighted by atomic mass is 9.67. The number of piperazine rings is 1. The number of nitrogens with zero attached hydrogens (tertiary/aromatic N) is 3. The molecule has 3 heterocycles. The smallest absolute Gasteiger partial charge is 0.312 e. The van der Waals surface area contributed by atoms with Crippen molar-refractivity contribution in [2.75, 3.05) is 37.6 Å². The van der Waals surface area contributed by atoms with Gasteiger partial charge in [-0.25, -0.2) is 4.98 Å². The van der Waals surface area contributed by atoms with Crippen molar-refractivity contribution in [1.82, 2.24) is 9.88 Å². The first-order chi connectivity index (χ1) is 11.6. The molecule has 6 heteroatoms. The molecule has 130 valence electrons. The molecule has 3 fully saturated rings. The second-order valence-corrected chi connectivity index (χ2v) is 7.71. The summed E-state index contributed by atoms with van der Waals surface area (Å²) < 4.78 is 5.62. The number of carbonyl (C=O) groups excluding carboxylic acids is 1. The van der Waals surface area contributed by atoms with E-state index >= 15 is 0 Å². The Hall–Kier alpha value is -1.33. The molecule has 0 bridgehead atoms. The van der Waals surface area contributed by atoms with E-state index in [1.165, 1.54) is 6.42 Å². The molecule has 1 saturated carbocycles. The normalized spacial score (nSPS) is 26.5. The lowest BCUT2D eigenvalue weighted by Gasteiger charge is -2.36. The van der Waals surface area contributed by atoms with Crippen molar-refractivity contribution in [3.63, 3.8) is 0 Å². The van der Waals surface area contributed by atoms with Crippen LogP contribution in [-0.4, -0.2) is 54.7 Å². The first-order valence-corrected chi connectivity index (χ1v) is 9.32. The average Bonchev–Trinajstić information content (AvgIpc) is 2.90. The summed E-state index contributed by atoms with van der Waals surface area (Å²) in [7, 11) is 0. The monoisotopic (exact) mass is 349 g/mol. The van der Waals surface area contributed by atoms with Crippen LogP contribution in [0, 0.1) is 5.41 Å². The predicted octanol–water partition coefficient (Wildman–Crippen LogP) is 2.73. The average molecular weight is 350 g/mol. The van der Waals surface area contributed by atoms with Crippen molar-refractivity contribution in [3.8, 4) is 0 Å². The van der Waals surface area contributed by atoms with Crippen molar-refractivity contribution >= 4 is 23.3 Å². The van der Waals surface area contributed by atoms with Crippen LogP contribution in [0.15, 0.2) is 18.3 Å². The molecule has 3 aliphatic rings. The maximum absolute atomic E-state index is 12.0. The highest BCUT2D eigenvalue weighted by Crippen LogP contribution is 2.50. The highest BCUT2D eigenvalue weighted by atomic mass is 35.5. The van der Waals surface area contributed by atoms with Gasteiger partial charge < -0.3 is 9.64 Å². The summed E-state index contributed by atoms with van der Waals surface area (Å²) in [5.74, 6) is 0.0677. The summed E-state index contributed by atoms with van der Waals surface area (Å²) in [6.07, 6.45) is 7.06. The zero-order chi connectivity index (χ0) is 16.6. The number of hydrogen-bond donors (Lipinski definition) is 0. The molecule has 2 aliphatic heterocycles. The molecule has 0 aromatic carbocycles. The first kappa shape index (κ1) is 16.2. The van der Waals surface area contributed by atoms with Gasteiger partial charge in [-0.15, -0.1) is 0 Å². The minimum absolute atomic E-state index is 0.0677. The van der Waals surface area contributed by atoms with Crippen LogP contribution in [0.1, 0.15) is 32.1 Å². The van der Waals surface area contributed by atoms with Crippen LogP contribution in [0.25, 0.3) is 0 Å². The number of ether oxygens (including phenoxy) is 1. The number of rotatable bonds is 4. The van der Waals surface area contributed by atoms with Crippen LogP contribution >= 0.6 is 11.6 Å². The van der Waals surface area contributed by atoms with E-state index in [4.69, 9.17) is 16.3 Å². The maximum atomic E-state index is 12.0. The fourth-order valence-electron chi connectivity index (χ4n) is 4.16. The number of pyridine rings is 1. The molecular weight excluding hydrogens is 326 g/mol. The molecule has 1 aromatic heterocycles. The van der Waals surface area contributed by atoms with Gasteiger partial charge in [0, 0.05) is 51.0 Å². The van der Waals surface area contributed by atoms with Crippen LogP contribution in [-0.2, 0) is 9.53 Å². The minimum Gasteiger partial charge on any atom is -0.462 e. The number of esters is 1. The van der Waals surface area contributed by atoms with E-state index in [1.54, 1.807) is 6.20 Å². The fourth-order valence-corrected chi connectivity index (χ4v) is 4.32. The number of cyclic esters (lactones) is 1. The molecule has 5 nitrogen and oxygen atoms in total. The molecule has 0 amide bonds. The van der Waals surface area contributed by atoms with Gasteiger partial charge in [-0.1, -0.05) is 18.0 Å². The van der Waals surface area contributed by atoms with Gasteiger partial charge in [0.15, 0.2) is 0 Å². The van der Waals surface area contributed by atoms with Crippen molar-refractivity contribution in [2.24, 2.45) is 5.41 Å². The van der Waals surface area contributed by atoms with Gasteiger partial charge in [-0.2, -0.15) is 0 Å². The largest absolute Gasteiger partial charge is 0.462 e. The second-order valence-electron chi connectivity index (χ2n) is 7.32. The van der Waals surface area contributed by atoms with Crippen molar-refractivity contribution in [2.45, 2.75) is 38.2 Å². The first-order valence-electron chi connectivity index (χ1n) is 8.95. The van der Waals surface area contributed by atoms with Crippen LogP contribution in [0.3, 0.4) is 0 Å². The number of halogens is 1. The zero-order valence-corrected chi connectivity index (χ0v) is 14.7. The molecule has 0 radical (unpaired) electrons. The standard InChI is InChI=1S/C18H24ClN3O2/c19-16-12-14(2-6-20-16)22-10-8-21(9-11-22)7-3-15-13-18(4-1-5-18)17(23)24-15/h2,6,12,15H,1,3-5,7-11,13H2. The van der Waals surface area contributed by atoms with E-state index in [0.717, 1.165) is 64.1 Å². The van der Waals surface area contributed by atoms with Gasteiger partial charge in [-0.05, 0) is 31.4 Å². The number of carbonyl (C=O) groups is 1. The summed E-state index contributed by atoms with van der Waals surface area (Å²) in [6.45, 7) is 5.07. The Morgan fingerprint density at radius 2 is 2.08 bits per heavy atom. The number of anilines is 1. The summed E-state index contributed by atoms with van der Waals surface area (Å²) in [4.78, 5) is 20.9. The van der Waals surface area contributed by atoms with Crippen LogP contribution in [0.2, 0.25) is 5.15 Å². The van der Waals surface area contributed by atoms with Gasteiger partial charge in [-0.3, -0.25) is 9.69 Å². The highest BCUT2D eigenvalue weighted by Gasteiger charge is 2.52.